The molecule has 0 bridgehead atoms. The molecule has 1 aliphatic rings. The van der Waals surface area contributed by atoms with Gasteiger partial charge < -0.3 is 14.4 Å². The molecule has 1 aromatic rings. The quantitative estimate of drug-likeness (QED) is 0.634. The van der Waals surface area contributed by atoms with Crippen LogP contribution in [0.1, 0.15) is 18.4 Å². The van der Waals surface area contributed by atoms with Gasteiger partial charge in [-0.15, -0.1) is 11.6 Å². The number of hydrogen-bond acceptors (Lipinski definition) is 3. The zero-order valence-electron chi connectivity index (χ0n) is 11.2. The van der Waals surface area contributed by atoms with Crippen LogP contribution in [0.2, 0.25) is 0 Å². The van der Waals surface area contributed by atoms with Crippen molar-refractivity contribution in [1.29, 1.82) is 0 Å². The molecule has 2 rings (SSSR count). The summed E-state index contributed by atoms with van der Waals surface area (Å²) in [6, 6.07) is 9.55. The first-order valence-electron chi connectivity index (χ1n) is 6.75. The lowest BCUT2D eigenvalue weighted by Crippen LogP contribution is -2.43. The van der Waals surface area contributed by atoms with Gasteiger partial charge >= 0.3 is 6.09 Å². The number of carbonyl (C=O) groups excluding carboxylic acids is 2. The molecule has 20 heavy (non-hydrogen) atoms. The third-order valence-corrected chi connectivity index (χ3v) is 3.96. The second-order valence-corrected chi connectivity index (χ2v) is 5.47. The third-order valence-electron chi connectivity index (χ3n) is 3.50. The molecule has 0 spiro atoms. The number of likely N-dealkylation sites (tertiary alicyclic amines) is 1. The number of piperidine rings is 1. The minimum atomic E-state index is -0.528. The molecule has 108 valence electrons. The number of benzene rings is 1. The summed E-state index contributed by atoms with van der Waals surface area (Å²) in [6.07, 6.45) is 2.12. The van der Waals surface area contributed by atoms with Crippen molar-refractivity contribution in [2.45, 2.75) is 24.8 Å². The molecule has 0 saturated carbocycles. The van der Waals surface area contributed by atoms with Crippen molar-refractivity contribution in [3.8, 4) is 0 Å². The highest BCUT2D eigenvalue weighted by Crippen LogP contribution is 2.22. The molecule has 0 radical (unpaired) electrons. The van der Waals surface area contributed by atoms with Crippen molar-refractivity contribution in [1.82, 2.24) is 4.90 Å². The maximum atomic E-state index is 12.0. The van der Waals surface area contributed by atoms with Gasteiger partial charge in [0.25, 0.3) is 0 Å². The number of nitrogens with zero attached hydrogens (tertiary/aromatic N) is 1. The molecule has 1 amide bonds. The smallest absolute Gasteiger partial charge is 0.410 e. The fourth-order valence-electron chi connectivity index (χ4n) is 2.36. The Morgan fingerprint density at radius 3 is 2.90 bits per heavy atom. The number of alkyl halides is 1. The SMILES string of the molecule is O=C[C@H](Cl)[C@H]1CCCN(C(=O)OCc2ccccc2)C1. The first-order chi connectivity index (χ1) is 9.70. The van der Waals surface area contributed by atoms with Crippen molar-refractivity contribution in [2.75, 3.05) is 13.1 Å². The van der Waals surface area contributed by atoms with Crippen LogP contribution < -0.4 is 0 Å². The van der Waals surface area contributed by atoms with E-state index in [1.165, 1.54) is 0 Å². The van der Waals surface area contributed by atoms with Crippen molar-refractivity contribution in [2.24, 2.45) is 5.92 Å². The molecule has 4 nitrogen and oxygen atoms in total. The second kappa shape index (κ2) is 7.29. The monoisotopic (exact) mass is 295 g/mol. The number of halogens is 1. The molecule has 2 atom stereocenters. The molecular weight excluding hydrogens is 278 g/mol. The molecule has 1 fully saturated rings. The van der Waals surface area contributed by atoms with E-state index < -0.39 is 5.38 Å². The first kappa shape index (κ1) is 14.9. The lowest BCUT2D eigenvalue weighted by molar-refractivity contribution is -0.108. The number of ether oxygens (including phenoxy) is 1. The van der Waals surface area contributed by atoms with Gasteiger partial charge in [-0.2, -0.15) is 0 Å². The maximum absolute atomic E-state index is 12.0. The summed E-state index contributed by atoms with van der Waals surface area (Å²) < 4.78 is 5.28. The Balaban J connectivity index is 1.84. The minimum Gasteiger partial charge on any atom is -0.445 e. The van der Waals surface area contributed by atoms with Gasteiger partial charge in [-0.05, 0) is 24.3 Å². The Bertz CT molecular complexity index is 452. The standard InChI is InChI=1S/C15H18ClNO3/c16-14(10-18)13-7-4-8-17(9-13)15(19)20-11-12-5-2-1-3-6-12/h1-3,5-6,10,13-14H,4,7-9,11H2/t13-,14-/m0/s1. The van der Waals surface area contributed by atoms with E-state index in [1.807, 2.05) is 30.3 Å². The summed E-state index contributed by atoms with van der Waals surface area (Å²) >= 11 is 5.94. The predicted octanol–water partition coefficient (Wildman–Crippen LogP) is 2.84. The average molecular weight is 296 g/mol. The predicted molar refractivity (Wildman–Crippen MR) is 76.6 cm³/mol. The number of hydrogen-bond donors (Lipinski definition) is 0. The topological polar surface area (TPSA) is 46.6 Å². The van der Waals surface area contributed by atoms with Crippen LogP contribution in [0.15, 0.2) is 30.3 Å². The van der Waals surface area contributed by atoms with E-state index >= 15 is 0 Å². The van der Waals surface area contributed by atoms with E-state index in [-0.39, 0.29) is 18.6 Å². The summed E-state index contributed by atoms with van der Waals surface area (Å²) in [6.45, 7) is 1.41. The average Bonchev–Trinajstić information content (AvgIpc) is 2.53. The number of rotatable bonds is 4. The van der Waals surface area contributed by atoms with Crippen LogP contribution in [-0.4, -0.2) is 35.7 Å². The van der Waals surface area contributed by atoms with Crippen LogP contribution in [0, 0.1) is 5.92 Å². The normalized spacial score (nSPS) is 20.2. The van der Waals surface area contributed by atoms with E-state index in [0.717, 1.165) is 24.7 Å². The van der Waals surface area contributed by atoms with E-state index in [2.05, 4.69) is 0 Å². The zero-order chi connectivity index (χ0) is 14.4. The molecule has 1 heterocycles. The molecule has 0 N–H and O–H groups in total. The molecule has 0 aromatic heterocycles. The first-order valence-corrected chi connectivity index (χ1v) is 7.19. The fourth-order valence-corrected chi connectivity index (χ4v) is 2.56. The van der Waals surface area contributed by atoms with Gasteiger partial charge in [-0.3, -0.25) is 0 Å². The lowest BCUT2D eigenvalue weighted by atomic mass is 9.95. The van der Waals surface area contributed by atoms with Crippen LogP contribution in [0.5, 0.6) is 0 Å². The highest BCUT2D eigenvalue weighted by atomic mass is 35.5. The second-order valence-electron chi connectivity index (χ2n) is 4.97. The summed E-state index contributed by atoms with van der Waals surface area (Å²) in [5.41, 5.74) is 0.956. The van der Waals surface area contributed by atoms with Gasteiger partial charge in [0.15, 0.2) is 0 Å². The summed E-state index contributed by atoms with van der Waals surface area (Å²) in [7, 11) is 0. The third kappa shape index (κ3) is 3.97. The Morgan fingerprint density at radius 1 is 1.45 bits per heavy atom. The molecule has 1 aromatic carbocycles. The van der Waals surface area contributed by atoms with E-state index in [1.54, 1.807) is 4.90 Å². The van der Waals surface area contributed by atoms with Crippen LogP contribution in [0.3, 0.4) is 0 Å². The molecular formula is C15H18ClNO3. The van der Waals surface area contributed by atoms with Crippen LogP contribution in [0.4, 0.5) is 4.79 Å². The van der Waals surface area contributed by atoms with E-state index in [0.29, 0.717) is 13.1 Å². The Kier molecular flexibility index (Phi) is 5.41. The van der Waals surface area contributed by atoms with Crippen molar-refractivity contribution < 1.29 is 14.3 Å². The van der Waals surface area contributed by atoms with Crippen LogP contribution in [-0.2, 0) is 16.1 Å². The van der Waals surface area contributed by atoms with Gasteiger partial charge in [0, 0.05) is 13.1 Å². The summed E-state index contributed by atoms with van der Waals surface area (Å²) in [4.78, 5) is 24.4. The largest absolute Gasteiger partial charge is 0.445 e. The lowest BCUT2D eigenvalue weighted by Gasteiger charge is -2.32. The Labute approximate surface area is 123 Å². The number of amides is 1. The van der Waals surface area contributed by atoms with Gasteiger partial charge in [0.1, 0.15) is 12.9 Å². The van der Waals surface area contributed by atoms with E-state index in [4.69, 9.17) is 16.3 Å². The number of carbonyl (C=O) groups is 2. The maximum Gasteiger partial charge on any atom is 0.410 e. The molecule has 0 aliphatic carbocycles. The highest BCUT2D eigenvalue weighted by Gasteiger charge is 2.28. The zero-order valence-corrected chi connectivity index (χ0v) is 12.0. The minimum absolute atomic E-state index is 0.0205. The van der Waals surface area contributed by atoms with Crippen molar-refractivity contribution in [3.63, 3.8) is 0 Å². The van der Waals surface area contributed by atoms with Gasteiger partial charge in [-0.25, -0.2) is 4.79 Å². The van der Waals surface area contributed by atoms with Crippen LogP contribution >= 0.6 is 11.6 Å². The van der Waals surface area contributed by atoms with E-state index in [9.17, 15) is 9.59 Å². The Hall–Kier alpha value is -1.55. The van der Waals surface area contributed by atoms with Crippen molar-refractivity contribution >= 4 is 24.0 Å². The van der Waals surface area contributed by atoms with Gasteiger partial charge in [-0.1, -0.05) is 30.3 Å². The Morgan fingerprint density at radius 2 is 2.20 bits per heavy atom. The van der Waals surface area contributed by atoms with Crippen molar-refractivity contribution in [3.05, 3.63) is 35.9 Å². The molecule has 1 saturated heterocycles. The van der Waals surface area contributed by atoms with Gasteiger partial charge in [0.2, 0.25) is 0 Å². The molecule has 1 aliphatic heterocycles. The summed E-state index contributed by atoms with van der Waals surface area (Å²) in [5.74, 6) is 0.0205. The number of aldehydes is 1. The highest BCUT2D eigenvalue weighted by molar-refractivity contribution is 6.27. The molecule has 5 heteroatoms. The summed E-state index contributed by atoms with van der Waals surface area (Å²) in [5, 5.41) is -0.528. The molecule has 0 unspecified atom stereocenters. The fraction of sp³-hybridized carbons (Fsp3) is 0.467. The van der Waals surface area contributed by atoms with Crippen LogP contribution in [0.25, 0.3) is 0 Å². The van der Waals surface area contributed by atoms with Gasteiger partial charge in [0.05, 0.1) is 5.38 Å².